The summed E-state index contributed by atoms with van der Waals surface area (Å²) in [5.41, 5.74) is 1.74. The summed E-state index contributed by atoms with van der Waals surface area (Å²) >= 11 is 0. The van der Waals surface area contributed by atoms with Gasteiger partial charge in [0.1, 0.15) is 0 Å². The van der Waals surface area contributed by atoms with Crippen LogP contribution in [-0.2, 0) is 4.79 Å². The number of ether oxygens (including phenoxy) is 2. The molecule has 0 aliphatic carbocycles. The van der Waals surface area contributed by atoms with Crippen LogP contribution in [0.25, 0.3) is 0 Å². The Labute approximate surface area is 190 Å². The number of nitrogens with zero attached hydrogens (tertiary/aromatic N) is 2. The van der Waals surface area contributed by atoms with Crippen molar-refractivity contribution in [3.63, 3.8) is 0 Å². The summed E-state index contributed by atoms with van der Waals surface area (Å²) in [6.07, 6.45) is 5.23. The molecule has 2 aromatic carbocycles. The molecule has 1 unspecified atom stereocenters. The van der Waals surface area contributed by atoms with Gasteiger partial charge in [-0.1, -0.05) is 30.3 Å². The molecule has 0 spiro atoms. The minimum absolute atomic E-state index is 0.00456. The summed E-state index contributed by atoms with van der Waals surface area (Å²) in [7, 11) is 0. The van der Waals surface area contributed by atoms with E-state index in [0.29, 0.717) is 23.7 Å². The highest BCUT2D eigenvalue weighted by Crippen LogP contribution is 2.35. The number of rotatable bonds is 7. The lowest BCUT2D eigenvalue weighted by Gasteiger charge is -2.27. The molecule has 2 aliphatic rings. The lowest BCUT2D eigenvalue weighted by molar-refractivity contribution is -0.134. The van der Waals surface area contributed by atoms with Crippen molar-refractivity contribution < 1.29 is 19.1 Å². The number of likely N-dealkylation sites (tertiary alicyclic amines) is 2. The first-order valence-electron chi connectivity index (χ1n) is 11.7. The number of hydrogen-bond donors (Lipinski definition) is 0. The fourth-order valence-electron chi connectivity index (χ4n) is 4.60. The Balaban J connectivity index is 1.47. The van der Waals surface area contributed by atoms with Crippen LogP contribution in [-0.4, -0.2) is 54.5 Å². The Bertz CT molecular complexity index is 925. The van der Waals surface area contributed by atoms with Gasteiger partial charge < -0.3 is 19.3 Å². The van der Waals surface area contributed by atoms with Crippen LogP contribution >= 0.6 is 0 Å². The van der Waals surface area contributed by atoms with Crippen LogP contribution in [0, 0.1) is 0 Å². The minimum Gasteiger partial charge on any atom is -0.490 e. The Morgan fingerprint density at radius 2 is 1.69 bits per heavy atom. The van der Waals surface area contributed by atoms with E-state index in [2.05, 4.69) is 12.1 Å². The zero-order valence-electron chi connectivity index (χ0n) is 18.8. The van der Waals surface area contributed by atoms with Gasteiger partial charge in [-0.15, -0.1) is 0 Å². The molecular formula is C26H32N2O4. The van der Waals surface area contributed by atoms with E-state index in [1.54, 1.807) is 18.2 Å². The molecular weight excluding hydrogens is 404 g/mol. The molecule has 6 heteroatoms. The van der Waals surface area contributed by atoms with E-state index in [4.69, 9.17) is 9.47 Å². The van der Waals surface area contributed by atoms with Crippen molar-refractivity contribution in [3.05, 3.63) is 59.7 Å². The molecule has 1 atom stereocenters. The third-order valence-electron chi connectivity index (χ3n) is 6.25. The number of carbonyl (C=O) groups is 2. The Kier molecular flexibility index (Phi) is 7.30. The maximum absolute atomic E-state index is 13.3. The number of hydrogen-bond acceptors (Lipinski definition) is 4. The summed E-state index contributed by atoms with van der Waals surface area (Å²) in [5, 5.41) is 0. The minimum atomic E-state index is -0.0183. The first-order valence-corrected chi connectivity index (χ1v) is 11.7. The van der Waals surface area contributed by atoms with E-state index in [1.807, 2.05) is 34.9 Å². The normalized spacial score (nSPS) is 18.5. The first-order chi connectivity index (χ1) is 15.7. The SMILES string of the molecule is CCOc1cc(C(=O)N2CCCC2c2ccccc2)ccc1OCC(=O)N1CCCCC1. The summed E-state index contributed by atoms with van der Waals surface area (Å²) < 4.78 is 11.6. The Morgan fingerprint density at radius 1 is 0.906 bits per heavy atom. The predicted octanol–water partition coefficient (Wildman–Crippen LogP) is 4.45. The van der Waals surface area contributed by atoms with Gasteiger partial charge in [0.15, 0.2) is 18.1 Å². The molecule has 170 valence electrons. The van der Waals surface area contributed by atoms with E-state index in [9.17, 15) is 9.59 Å². The molecule has 2 fully saturated rings. The molecule has 2 aromatic rings. The second-order valence-corrected chi connectivity index (χ2v) is 8.39. The van der Waals surface area contributed by atoms with E-state index in [1.165, 1.54) is 12.0 Å². The molecule has 4 rings (SSSR count). The van der Waals surface area contributed by atoms with Gasteiger partial charge >= 0.3 is 0 Å². The molecule has 2 amide bonds. The topological polar surface area (TPSA) is 59.1 Å². The molecule has 2 aliphatic heterocycles. The zero-order chi connectivity index (χ0) is 22.3. The van der Waals surface area contributed by atoms with Gasteiger partial charge in [-0.3, -0.25) is 9.59 Å². The molecule has 32 heavy (non-hydrogen) atoms. The van der Waals surface area contributed by atoms with Crippen LogP contribution in [0.1, 0.15) is 61.0 Å². The molecule has 6 nitrogen and oxygen atoms in total. The van der Waals surface area contributed by atoms with Crippen LogP contribution in [0.2, 0.25) is 0 Å². The number of piperidine rings is 1. The molecule has 0 radical (unpaired) electrons. The van der Waals surface area contributed by atoms with Crippen molar-refractivity contribution in [2.45, 2.75) is 45.1 Å². The molecule has 0 aromatic heterocycles. The lowest BCUT2D eigenvalue weighted by Crippen LogP contribution is -2.38. The highest BCUT2D eigenvalue weighted by molar-refractivity contribution is 5.95. The van der Waals surface area contributed by atoms with E-state index >= 15 is 0 Å². The predicted molar refractivity (Wildman–Crippen MR) is 123 cm³/mol. The van der Waals surface area contributed by atoms with Crippen LogP contribution in [0.4, 0.5) is 0 Å². The maximum atomic E-state index is 13.3. The van der Waals surface area contributed by atoms with Crippen molar-refractivity contribution in [1.29, 1.82) is 0 Å². The van der Waals surface area contributed by atoms with Gasteiger partial charge in [0.25, 0.3) is 11.8 Å². The zero-order valence-corrected chi connectivity index (χ0v) is 18.8. The third kappa shape index (κ3) is 5.06. The number of benzene rings is 2. The van der Waals surface area contributed by atoms with Gasteiger partial charge in [-0.05, 0) is 62.8 Å². The van der Waals surface area contributed by atoms with E-state index < -0.39 is 0 Å². The summed E-state index contributed by atoms with van der Waals surface area (Å²) in [4.78, 5) is 29.6. The van der Waals surface area contributed by atoms with Gasteiger partial charge in [0.05, 0.1) is 12.6 Å². The Hall–Kier alpha value is -3.02. The largest absolute Gasteiger partial charge is 0.490 e. The first kappa shape index (κ1) is 22.2. The van der Waals surface area contributed by atoms with Gasteiger partial charge in [0.2, 0.25) is 0 Å². The van der Waals surface area contributed by atoms with Crippen molar-refractivity contribution in [2.24, 2.45) is 0 Å². The molecule has 2 heterocycles. The fourth-order valence-corrected chi connectivity index (χ4v) is 4.60. The van der Waals surface area contributed by atoms with Crippen molar-refractivity contribution >= 4 is 11.8 Å². The maximum Gasteiger partial charge on any atom is 0.260 e. The molecule has 0 saturated carbocycles. The monoisotopic (exact) mass is 436 g/mol. The average Bonchev–Trinajstić information content (AvgIpc) is 3.34. The van der Waals surface area contributed by atoms with E-state index in [-0.39, 0.29) is 24.5 Å². The van der Waals surface area contributed by atoms with Crippen LogP contribution < -0.4 is 9.47 Å². The van der Waals surface area contributed by atoms with Crippen molar-refractivity contribution in [3.8, 4) is 11.5 Å². The van der Waals surface area contributed by atoms with Crippen LogP contribution in [0.3, 0.4) is 0 Å². The summed E-state index contributed by atoms with van der Waals surface area (Å²) in [5.74, 6) is 0.985. The summed E-state index contributed by atoms with van der Waals surface area (Å²) in [6.45, 7) is 4.66. The third-order valence-corrected chi connectivity index (χ3v) is 6.25. The molecule has 0 N–H and O–H groups in total. The number of carbonyl (C=O) groups excluding carboxylic acids is 2. The highest BCUT2D eigenvalue weighted by atomic mass is 16.5. The van der Waals surface area contributed by atoms with Crippen molar-refractivity contribution in [2.75, 3.05) is 32.8 Å². The van der Waals surface area contributed by atoms with Gasteiger partial charge in [-0.2, -0.15) is 0 Å². The standard InChI is InChI=1S/C26H32N2O4/c1-2-31-24-18-21(13-14-23(24)32-19-25(29)27-15-7-4-8-16-27)26(30)28-17-9-12-22(28)20-10-5-3-6-11-20/h3,5-6,10-11,13-14,18,22H,2,4,7-9,12,15-17,19H2,1H3. The molecule has 0 bridgehead atoms. The number of amides is 2. The average molecular weight is 437 g/mol. The van der Waals surface area contributed by atoms with Gasteiger partial charge in [0, 0.05) is 25.2 Å². The second-order valence-electron chi connectivity index (χ2n) is 8.39. The van der Waals surface area contributed by atoms with Gasteiger partial charge in [-0.25, -0.2) is 0 Å². The quantitative estimate of drug-likeness (QED) is 0.643. The van der Waals surface area contributed by atoms with Crippen LogP contribution in [0.5, 0.6) is 11.5 Å². The van der Waals surface area contributed by atoms with Crippen molar-refractivity contribution in [1.82, 2.24) is 9.80 Å². The smallest absolute Gasteiger partial charge is 0.260 e. The Morgan fingerprint density at radius 3 is 2.44 bits per heavy atom. The molecule has 2 saturated heterocycles. The second kappa shape index (κ2) is 10.5. The fraction of sp³-hybridized carbons (Fsp3) is 0.462. The lowest BCUT2D eigenvalue weighted by atomic mass is 10.0. The summed E-state index contributed by atoms with van der Waals surface area (Å²) in [6, 6.07) is 15.5. The van der Waals surface area contributed by atoms with Crippen LogP contribution in [0.15, 0.2) is 48.5 Å². The highest BCUT2D eigenvalue weighted by Gasteiger charge is 2.31. The van der Waals surface area contributed by atoms with E-state index in [0.717, 1.165) is 45.3 Å².